The van der Waals surface area contributed by atoms with Gasteiger partial charge in [0.05, 0.1) is 0 Å². The number of rotatable bonds is 3. The van der Waals surface area contributed by atoms with Gasteiger partial charge in [-0.2, -0.15) is 0 Å². The summed E-state index contributed by atoms with van der Waals surface area (Å²) in [5.41, 5.74) is 2.54. The molecule has 0 aromatic carbocycles. The lowest BCUT2D eigenvalue weighted by molar-refractivity contribution is 0.836. The van der Waals surface area contributed by atoms with Crippen LogP contribution in [0.25, 0.3) is 0 Å². The smallest absolute Gasteiger partial charge is 0.0403 e. The summed E-state index contributed by atoms with van der Waals surface area (Å²) in [6.07, 6.45) is 4.27. The van der Waals surface area contributed by atoms with E-state index < -0.39 is 0 Å². The Kier molecular flexibility index (Phi) is 3.27. The van der Waals surface area contributed by atoms with Crippen molar-refractivity contribution in [1.82, 2.24) is 4.98 Å². The standard InChI is InChI=1S/C11H17N/c1-4-5-11-7-6-10(8-12-11)9(2)3/h6-9H,4-5H2,1-3H3. The molecule has 0 spiro atoms. The summed E-state index contributed by atoms with van der Waals surface area (Å²) >= 11 is 0. The Labute approximate surface area is 74.8 Å². The minimum atomic E-state index is 0.591. The summed E-state index contributed by atoms with van der Waals surface area (Å²) in [5.74, 6) is 0.591. The second-order valence-corrected chi connectivity index (χ2v) is 3.49. The highest BCUT2D eigenvalue weighted by atomic mass is 14.7. The Hall–Kier alpha value is -0.850. The zero-order valence-electron chi connectivity index (χ0n) is 8.17. The van der Waals surface area contributed by atoms with E-state index in [0.717, 1.165) is 6.42 Å². The molecule has 1 heterocycles. The number of nitrogens with zero attached hydrogens (tertiary/aromatic N) is 1. The summed E-state index contributed by atoms with van der Waals surface area (Å²) in [6, 6.07) is 4.32. The first-order chi connectivity index (χ1) is 5.74. The monoisotopic (exact) mass is 163 g/mol. The molecule has 0 saturated carbocycles. The van der Waals surface area contributed by atoms with E-state index in [2.05, 4.69) is 37.9 Å². The van der Waals surface area contributed by atoms with Gasteiger partial charge in [-0.1, -0.05) is 33.3 Å². The van der Waals surface area contributed by atoms with Crippen LogP contribution in [0.2, 0.25) is 0 Å². The highest BCUT2D eigenvalue weighted by molar-refractivity contribution is 5.17. The molecule has 0 saturated heterocycles. The molecule has 66 valence electrons. The van der Waals surface area contributed by atoms with Crippen molar-refractivity contribution < 1.29 is 0 Å². The SMILES string of the molecule is CCCc1ccc(C(C)C)cn1. The van der Waals surface area contributed by atoms with Gasteiger partial charge >= 0.3 is 0 Å². The van der Waals surface area contributed by atoms with Gasteiger partial charge in [0.2, 0.25) is 0 Å². The first-order valence-corrected chi connectivity index (χ1v) is 4.69. The predicted molar refractivity (Wildman–Crippen MR) is 52.3 cm³/mol. The molecule has 0 aliphatic carbocycles. The zero-order chi connectivity index (χ0) is 8.97. The minimum absolute atomic E-state index is 0.591. The summed E-state index contributed by atoms with van der Waals surface area (Å²) in [5, 5.41) is 0. The van der Waals surface area contributed by atoms with Crippen molar-refractivity contribution in [2.45, 2.75) is 39.5 Å². The van der Waals surface area contributed by atoms with Crippen molar-refractivity contribution in [3.63, 3.8) is 0 Å². The molecule has 1 nitrogen and oxygen atoms in total. The van der Waals surface area contributed by atoms with Crippen LogP contribution in [-0.4, -0.2) is 4.98 Å². The fourth-order valence-corrected chi connectivity index (χ4v) is 1.18. The summed E-state index contributed by atoms with van der Waals surface area (Å²) in [4.78, 5) is 4.39. The van der Waals surface area contributed by atoms with Gasteiger partial charge in [-0.05, 0) is 24.0 Å². The minimum Gasteiger partial charge on any atom is -0.261 e. The highest BCUT2D eigenvalue weighted by Crippen LogP contribution is 2.12. The molecule has 0 aliphatic rings. The van der Waals surface area contributed by atoms with Crippen molar-refractivity contribution in [2.75, 3.05) is 0 Å². The largest absolute Gasteiger partial charge is 0.261 e. The zero-order valence-corrected chi connectivity index (χ0v) is 8.17. The van der Waals surface area contributed by atoms with Gasteiger partial charge in [0.25, 0.3) is 0 Å². The van der Waals surface area contributed by atoms with E-state index in [1.165, 1.54) is 17.7 Å². The molecule has 0 bridgehead atoms. The average molecular weight is 163 g/mol. The molecule has 1 rings (SSSR count). The Morgan fingerprint density at radius 2 is 2.08 bits per heavy atom. The third-order valence-electron chi connectivity index (χ3n) is 2.02. The fraction of sp³-hybridized carbons (Fsp3) is 0.545. The predicted octanol–water partition coefficient (Wildman–Crippen LogP) is 3.16. The van der Waals surface area contributed by atoms with Gasteiger partial charge < -0.3 is 0 Å². The van der Waals surface area contributed by atoms with E-state index in [1.54, 1.807) is 0 Å². The fourth-order valence-electron chi connectivity index (χ4n) is 1.18. The quantitative estimate of drug-likeness (QED) is 0.667. The molecule has 0 aliphatic heterocycles. The normalized spacial score (nSPS) is 10.7. The van der Waals surface area contributed by atoms with Crippen LogP contribution in [0.15, 0.2) is 18.3 Å². The second-order valence-electron chi connectivity index (χ2n) is 3.49. The van der Waals surface area contributed by atoms with Crippen LogP contribution in [0.4, 0.5) is 0 Å². The number of hydrogen-bond acceptors (Lipinski definition) is 1. The van der Waals surface area contributed by atoms with Crippen LogP contribution >= 0.6 is 0 Å². The average Bonchev–Trinajstić information content (AvgIpc) is 2.06. The molecule has 0 atom stereocenters. The van der Waals surface area contributed by atoms with Crippen molar-refractivity contribution >= 4 is 0 Å². The Bertz CT molecular complexity index is 223. The molecular weight excluding hydrogens is 146 g/mol. The van der Waals surface area contributed by atoms with Gasteiger partial charge in [-0.25, -0.2) is 0 Å². The first-order valence-electron chi connectivity index (χ1n) is 4.69. The number of aryl methyl sites for hydroxylation is 1. The van der Waals surface area contributed by atoms with Crippen LogP contribution in [0, 0.1) is 0 Å². The highest BCUT2D eigenvalue weighted by Gasteiger charge is 1.98. The second kappa shape index (κ2) is 4.24. The molecule has 0 radical (unpaired) electrons. The number of hydrogen-bond donors (Lipinski definition) is 0. The van der Waals surface area contributed by atoms with Crippen LogP contribution in [0.3, 0.4) is 0 Å². The lowest BCUT2D eigenvalue weighted by atomic mass is 10.1. The van der Waals surface area contributed by atoms with E-state index in [1.807, 2.05) is 6.20 Å². The maximum atomic E-state index is 4.39. The number of pyridine rings is 1. The van der Waals surface area contributed by atoms with E-state index in [0.29, 0.717) is 5.92 Å². The molecule has 1 aromatic heterocycles. The molecule has 0 unspecified atom stereocenters. The lowest BCUT2D eigenvalue weighted by Gasteiger charge is -2.04. The molecular formula is C11H17N. The van der Waals surface area contributed by atoms with Crippen molar-refractivity contribution in [2.24, 2.45) is 0 Å². The first kappa shape index (κ1) is 9.24. The van der Waals surface area contributed by atoms with Crippen LogP contribution in [-0.2, 0) is 6.42 Å². The Morgan fingerprint density at radius 1 is 1.33 bits per heavy atom. The van der Waals surface area contributed by atoms with Crippen molar-refractivity contribution in [1.29, 1.82) is 0 Å². The molecule has 12 heavy (non-hydrogen) atoms. The van der Waals surface area contributed by atoms with Gasteiger partial charge in [0.1, 0.15) is 0 Å². The third-order valence-corrected chi connectivity index (χ3v) is 2.02. The third kappa shape index (κ3) is 2.33. The van der Waals surface area contributed by atoms with Crippen LogP contribution < -0.4 is 0 Å². The van der Waals surface area contributed by atoms with Gasteiger partial charge in [-0.15, -0.1) is 0 Å². The maximum Gasteiger partial charge on any atom is 0.0403 e. The Balaban J connectivity index is 2.71. The van der Waals surface area contributed by atoms with E-state index in [4.69, 9.17) is 0 Å². The molecule has 0 amide bonds. The molecule has 0 fully saturated rings. The maximum absolute atomic E-state index is 4.39. The van der Waals surface area contributed by atoms with Gasteiger partial charge in [-0.3, -0.25) is 4.98 Å². The molecule has 1 heteroatoms. The van der Waals surface area contributed by atoms with Crippen LogP contribution in [0.1, 0.15) is 44.4 Å². The van der Waals surface area contributed by atoms with Gasteiger partial charge in [0.15, 0.2) is 0 Å². The lowest BCUT2D eigenvalue weighted by Crippen LogP contribution is -1.92. The molecule has 0 N–H and O–H groups in total. The van der Waals surface area contributed by atoms with E-state index in [9.17, 15) is 0 Å². The van der Waals surface area contributed by atoms with Crippen molar-refractivity contribution in [3.05, 3.63) is 29.6 Å². The topological polar surface area (TPSA) is 12.9 Å². The summed E-state index contributed by atoms with van der Waals surface area (Å²) in [6.45, 7) is 6.56. The number of aromatic nitrogens is 1. The molecule has 1 aromatic rings. The van der Waals surface area contributed by atoms with Crippen molar-refractivity contribution in [3.8, 4) is 0 Å². The van der Waals surface area contributed by atoms with Crippen LogP contribution in [0.5, 0.6) is 0 Å². The summed E-state index contributed by atoms with van der Waals surface area (Å²) < 4.78 is 0. The summed E-state index contributed by atoms with van der Waals surface area (Å²) in [7, 11) is 0. The van der Waals surface area contributed by atoms with Gasteiger partial charge in [0, 0.05) is 11.9 Å². The van der Waals surface area contributed by atoms with E-state index >= 15 is 0 Å². The van der Waals surface area contributed by atoms with E-state index in [-0.39, 0.29) is 0 Å². The Morgan fingerprint density at radius 3 is 2.50 bits per heavy atom.